The van der Waals surface area contributed by atoms with Gasteiger partial charge in [-0.25, -0.2) is 0 Å². The molecule has 0 spiro atoms. The molecule has 4 aliphatic rings. The van der Waals surface area contributed by atoms with E-state index in [1.54, 1.807) is 14.0 Å². The van der Waals surface area contributed by atoms with Crippen LogP contribution in [0.25, 0.3) is 0 Å². The number of rotatable bonds is 5. The minimum Gasteiger partial charge on any atom is -0.497 e. The first-order valence-corrected chi connectivity index (χ1v) is 9.62. The van der Waals surface area contributed by atoms with Crippen LogP contribution < -0.4 is 15.4 Å². The van der Waals surface area contributed by atoms with Crippen molar-refractivity contribution in [3.63, 3.8) is 0 Å². The number of hydrogen-bond acceptors (Lipinski definition) is 3. The summed E-state index contributed by atoms with van der Waals surface area (Å²) in [5, 5.41) is 6.39. The van der Waals surface area contributed by atoms with Crippen molar-refractivity contribution >= 4 is 11.8 Å². The maximum Gasteiger partial charge on any atom is 0.226 e. The molecule has 0 heterocycles. The van der Waals surface area contributed by atoms with Crippen LogP contribution in [-0.2, 0) is 16.1 Å². The summed E-state index contributed by atoms with van der Waals surface area (Å²) < 4.78 is 5.18. The molecular weight excluding hydrogens is 328 g/mol. The van der Waals surface area contributed by atoms with Crippen LogP contribution in [0.3, 0.4) is 0 Å². The normalized spacial score (nSPS) is 34.4. The van der Waals surface area contributed by atoms with Gasteiger partial charge in [0.1, 0.15) is 5.75 Å². The van der Waals surface area contributed by atoms with Gasteiger partial charge in [0.15, 0.2) is 0 Å². The summed E-state index contributed by atoms with van der Waals surface area (Å²) in [5.41, 5.74) is 0.604. The molecular formula is C21H28N2O3. The molecule has 0 saturated heterocycles. The third kappa shape index (κ3) is 3.08. The first kappa shape index (κ1) is 17.4. The molecule has 0 aromatic heterocycles. The first-order chi connectivity index (χ1) is 12.4. The van der Waals surface area contributed by atoms with E-state index in [-0.39, 0.29) is 22.8 Å². The standard InChI is InChI=1S/C21H28N2O3/c1-14(24)23-21-10-16-7-17(11-21)9-20(8-16,13-21)19(25)22-12-15-3-5-18(26-2)6-4-15/h3-6,16-17H,7-13H2,1-2H3,(H,22,25)(H,23,24)/t16-,17+,20?,21?. The second-order valence-electron chi connectivity index (χ2n) is 8.73. The molecule has 4 aliphatic carbocycles. The molecule has 1 aromatic carbocycles. The summed E-state index contributed by atoms with van der Waals surface area (Å²) in [7, 11) is 1.65. The lowest BCUT2D eigenvalue weighted by molar-refractivity contribution is -0.153. The predicted molar refractivity (Wildman–Crippen MR) is 98.5 cm³/mol. The van der Waals surface area contributed by atoms with Gasteiger partial charge >= 0.3 is 0 Å². The monoisotopic (exact) mass is 356 g/mol. The van der Waals surface area contributed by atoms with Crippen molar-refractivity contribution in [1.82, 2.24) is 10.6 Å². The number of ether oxygens (including phenoxy) is 1. The van der Waals surface area contributed by atoms with Crippen LogP contribution in [0.1, 0.15) is 51.0 Å². The van der Waals surface area contributed by atoms with Gasteiger partial charge in [-0.1, -0.05) is 12.1 Å². The van der Waals surface area contributed by atoms with Crippen LogP contribution >= 0.6 is 0 Å². The number of amides is 2. The van der Waals surface area contributed by atoms with E-state index in [0.717, 1.165) is 43.4 Å². The largest absolute Gasteiger partial charge is 0.497 e. The highest BCUT2D eigenvalue weighted by atomic mass is 16.5. The van der Waals surface area contributed by atoms with E-state index < -0.39 is 0 Å². The van der Waals surface area contributed by atoms with Gasteiger partial charge in [0.2, 0.25) is 11.8 Å². The smallest absolute Gasteiger partial charge is 0.226 e. The Labute approximate surface area is 154 Å². The molecule has 0 aliphatic heterocycles. The fraction of sp³-hybridized carbons (Fsp3) is 0.619. The lowest BCUT2D eigenvalue weighted by Crippen LogP contribution is -2.65. The van der Waals surface area contributed by atoms with Gasteiger partial charge in [0.05, 0.1) is 12.5 Å². The number of methoxy groups -OCH3 is 1. The average molecular weight is 356 g/mol. The van der Waals surface area contributed by atoms with E-state index in [2.05, 4.69) is 10.6 Å². The molecule has 2 N–H and O–H groups in total. The van der Waals surface area contributed by atoms with E-state index in [1.165, 1.54) is 6.42 Å². The molecule has 4 fully saturated rings. The van der Waals surface area contributed by atoms with Gasteiger partial charge in [-0.05, 0) is 68.1 Å². The first-order valence-electron chi connectivity index (χ1n) is 9.62. The van der Waals surface area contributed by atoms with Gasteiger partial charge in [0, 0.05) is 19.0 Å². The lowest BCUT2D eigenvalue weighted by atomic mass is 9.46. The van der Waals surface area contributed by atoms with Crippen molar-refractivity contribution in [2.75, 3.05) is 7.11 Å². The number of hydrogen-bond donors (Lipinski definition) is 2. The van der Waals surface area contributed by atoms with E-state index in [9.17, 15) is 9.59 Å². The van der Waals surface area contributed by atoms with E-state index in [0.29, 0.717) is 18.4 Å². The Morgan fingerprint density at radius 1 is 1.12 bits per heavy atom. The maximum absolute atomic E-state index is 13.2. The number of carbonyl (C=O) groups is 2. The van der Waals surface area contributed by atoms with Gasteiger partial charge in [-0.3, -0.25) is 9.59 Å². The van der Waals surface area contributed by atoms with E-state index in [4.69, 9.17) is 4.74 Å². The molecule has 26 heavy (non-hydrogen) atoms. The molecule has 5 rings (SSSR count). The highest BCUT2D eigenvalue weighted by molar-refractivity contribution is 5.84. The Hall–Kier alpha value is -2.04. The highest BCUT2D eigenvalue weighted by Gasteiger charge is 2.60. The Kier molecular flexibility index (Phi) is 4.20. The number of nitrogens with one attached hydrogen (secondary N) is 2. The van der Waals surface area contributed by atoms with Crippen molar-refractivity contribution in [3.8, 4) is 5.75 Å². The number of carbonyl (C=O) groups excluding carboxylic acids is 2. The molecule has 5 heteroatoms. The molecule has 0 radical (unpaired) electrons. The van der Waals surface area contributed by atoms with Crippen molar-refractivity contribution in [3.05, 3.63) is 29.8 Å². The quantitative estimate of drug-likeness (QED) is 0.852. The van der Waals surface area contributed by atoms with E-state index in [1.807, 2.05) is 24.3 Å². The fourth-order valence-electron chi connectivity index (χ4n) is 6.16. The third-order valence-electron chi connectivity index (χ3n) is 6.60. The van der Waals surface area contributed by atoms with Crippen LogP contribution in [-0.4, -0.2) is 24.5 Å². The average Bonchev–Trinajstić information content (AvgIpc) is 2.57. The minimum atomic E-state index is -0.307. The Morgan fingerprint density at radius 2 is 1.77 bits per heavy atom. The van der Waals surface area contributed by atoms with Crippen molar-refractivity contribution in [1.29, 1.82) is 0 Å². The second kappa shape index (κ2) is 6.29. The molecule has 2 unspecified atom stereocenters. The SMILES string of the molecule is COc1ccc(CNC(=O)C23C[C@@H]4C[C@@H](CC(NC(C)=O)(C4)C2)C3)cc1. The van der Waals surface area contributed by atoms with Gasteiger partial charge in [-0.2, -0.15) is 0 Å². The minimum absolute atomic E-state index is 0.0285. The topological polar surface area (TPSA) is 67.4 Å². The summed E-state index contributed by atoms with van der Waals surface area (Å²) in [5.74, 6) is 2.14. The van der Waals surface area contributed by atoms with Gasteiger partial charge in [-0.15, -0.1) is 0 Å². The zero-order chi connectivity index (χ0) is 18.4. The molecule has 4 atom stereocenters. The summed E-state index contributed by atoms with van der Waals surface area (Å²) >= 11 is 0. The number of benzene rings is 1. The molecule has 4 saturated carbocycles. The molecule has 2 amide bonds. The van der Waals surface area contributed by atoms with Gasteiger partial charge in [0.25, 0.3) is 0 Å². The Balaban J connectivity index is 1.47. The van der Waals surface area contributed by atoms with Crippen molar-refractivity contribution < 1.29 is 14.3 Å². The predicted octanol–water partition coefficient (Wildman–Crippen LogP) is 2.79. The Morgan fingerprint density at radius 3 is 2.35 bits per heavy atom. The second-order valence-corrected chi connectivity index (χ2v) is 8.73. The lowest BCUT2D eigenvalue weighted by Gasteiger charge is -2.61. The molecule has 5 nitrogen and oxygen atoms in total. The van der Waals surface area contributed by atoms with Gasteiger partial charge < -0.3 is 15.4 Å². The summed E-state index contributed by atoms with van der Waals surface area (Å²) in [6.07, 6.45) is 6.03. The highest BCUT2D eigenvalue weighted by Crippen LogP contribution is 2.61. The van der Waals surface area contributed by atoms with Crippen LogP contribution in [0.5, 0.6) is 5.75 Å². The molecule has 140 valence electrons. The zero-order valence-corrected chi connectivity index (χ0v) is 15.6. The molecule has 4 bridgehead atoms. The van der Waals surface area contributed by atoms with Crippen molar-refractivity contribution in [2.45, 2.75) is 57.5 Å². The van der Waals surface area contributed by atoms with Crippen molar-refractivity contribution in [2.24, 2.45) is 17.3 Å². The van der Waals surface area contributed by atoms with Crippen LogP contribution in [0.2, 0.25) is 0 Å². The maximum atomic E-state index is 13.2. The van der Waals surface area contributed by atoms with Crippen LogP contribution in [0.15, 0.2) is 24.3 Å². The summed E-state index contributed by atoms with van der Waals surface area (Å²) in [6, 6.07) is 7.80. The van der Waals surface area contributed by atoms with Crippen LogP contribution in [0.4, 0.5) is 0 Å². The Bertz CT molecular complexity index is 698. The zero-order valence-electron chi connectivity index (χ0n) is 15.6. The van der Waals surface area contributed by atoms with Crippen LogP contribution in [0, 0.1) is 17.3 Å². The summed E-state index contributed by atoms with van der Waals surface area (Å²) in [6.45, 7) is 2.13. The molecule has 1 aromatic rings. The summed E-state index contributed by atoms with van der Waals surface area (Å²) in [4.78, 5) is 24.9. The third-order valence-corrected chi connectivity index (χ3v) is 6.60. The van der Waals surface area contributed by atoms with E-state index >= 15 is 0 Å². The fourth-order valence-corrected chi connectivity index (χ4v) is 6.16.